The van der Waals surface area contributed by atoms with Crippen LogP contribution in [0.3, 0.4) is 0 Å². The number of ether oxygens (including phenoxy) is 6. The van der Waals surface area contributed by atoms with Crippen molar-refractivity contribution in [1.29, 1.82) is 10.5 Å². The van der Waals surface area contributed by atoms with E-state index in [4.69, 9.17) is 28.4 Å². The highest BCUT2D eigenvalue weighted by Crippen LogP contribution is 2.64. The Bertz CT molecular complexity index is 5120. The minimum Gasteiger partial charge on any atom is -0.490 e. The van der Waals surface area contributed by atoms with Crippen LogP contribution in [-0.4, -0.2) is 210 Å². The van der Waals surface area contributed by atoms with Gasteiger partial charge < -0.3 is 64.4 Å². The number of anilines is 3. The van der Waals surface area contributed by atoms with E-state index >= 15 is 14.0 Å². The summed E-state index contributed by atoms with van der Waals surface area (Å²) in [6, 6.07) is 35.4. The third-order valence-corrected chi connectivity index (χ3v) is 28.1. The first-order valence-electron chi connectivity index (χ1n) is 44.5. The minimum absolute atomic E-state index is 0.0881. The van der Waals surface area contributed by atoms with E-state index < -0.39 is 93.4 Å². The highest BCUT2D eigenvalue weighted by atomic mass is 19.1. The van der Waals surface area contributed by atoms with E-state index in [1.165, 1.54) is 12.1 Å². The Kier molecular flexibility index (Phi) is 26.4. The fraction of sp³-hybridized carbons (Fsp3) is 0.526. The Labute approximate surface area is 731 Å². The maximum Gasteiger partial charge on any atom is 0.254 e. The maximum atomic E-state index is 15.5. The molecule has 0 spiro atoms. The summed E-state index contributed by atoms with van der Waals surface area (Å²) >= 11 is 0. The monoisotopic (exact) mass is 1710 g/mol. The van der Waals surface area contributed by atoms with Crippen LogP contribution in [0, 0.1) is 83.8 Å². The summed E-state index contributed by atoms with van der Waals surface area (Å²) in [6.45, 7) is 30.9. The molecule has 8 amide bonds. The predicted molar refractivity (Wildman–Crippen MR) is 469 cm³/mol. The van der Waals surface area contributed by atoms with Crippen molar-refractivity contribution in [3.05, 3.63) is 171 Å². The molecule has 16 rings (SSSR count). The number of morpholine rings is 1. The first-order valence-corrected chi connectivity index (χ1v) is 44.5. The normalized spacial score (nSPS) is 26.6. The molecule has 2 bridgehead atoms. The van der Waals surface area contributed by atoms with Gasteiger partial charge in [-0.25, -0.2) is 4.39 Å². The molecule has 0 aromatic heterocycles. The standard InChI is InChI=1S/C97H118FN13O14/c1-58-45-70(46-59(2)75(58)53-99)124-92-94(5,6)90(105-84(114)63-13-18-66(19-14-63)108-33-29-62(30-34-108)55-110-39-43-120-41-11-12-42-122-80-26-17-65(49-81(80)123-72-50-69(110)51-72)86(116)101-78-24-27-82(112)103-88(78)118)96(92,9)31-32-97(10)91(95(7,8)93(97)125-71-47-60(3)76(54-100)61(4)48-71)106-85(115)64-15-20-67(21-16-64)111-40-44-121-73(57-111)56-107-35-37-109(38-36-107)68-22-23-74(77(98)52-68)87(117)102-79-25-28-83(113)104-89(79)119/h13-23,26,45-49,52,62,69,72-73,78-79,90-93H,11-12,24-25,27-44,50-51,55-57H2,1-10H3,(H,101,116)(H,102,117)(H,105,114)(H,106,115)(H,103,112,118)(H,104,113,119)/t69?,72?,73-,78?,79+,90-,91+,92-,93+,96?,97?/m0/s1. The second-order valence-corrected chi connectivity index (χ2v) is 37.6. The first kappa shape index (κ1) is 88.7. The van der Waals surface area contributed by atoms with Crippen molar-refractivity contribution >= 4 is 64.3 Å². The molecule has 3 unspecified atom stereocenters. The van der Waals surface area contributed by atoms with Crippen LogP contribution >= 0.6 is 0 Å². The number of amides is 8. The summed E-state index contributed by atoms with van der Waals surface area (Å²) in [6.07, 6.45) is 5.79. The Morgan fingerprint density at radius 2 is 1.02 bits per heavy atom. The zero-order valence-electron chi connectivity index (χ0n) is 73.5. The highest BCUT2D eigenvalue weighted by molar-refractivity contribution is 6.05. The number of piperazine rings is 1. The van der Waals surface area contributed by atoms with Crippen molar-refractivity contribution in [3.8, 4) is 35.1 Å². The lowest BCUT2D eigenvalue weighted by atomic mass is 9.43. The smallest absolute Gasteiger partial charge is 0.254 e. The number of imide groups is 2. The van der Waals surface area contributed by atoms with Gasteiger partial charge in [-0.3, -0.25) is 58.8 Å². The lowest BCUT2D eigenvalue weighted by Gasteiger charge is -2.67. The van der Waals surface area contributed by atoms with Crippen LogP contribution in [0.1, 0.15) is 193 Å². The zero-order valence-corrected chi connectivity index (χ0v) is 73.5. The van der Waals surface area contributed by atoms with Crippen LogP contribution < -0.4 is 65.5 Å². The van der Waals surface area contributed by atoms with E-state index in [9.17, 15) is 39.3 Å². The molecular formula is C97H118FN13O14. The number of rotatable bonds is 22. The number of carbonyl (C=O) groups is 8. The fourth-order valence-electron chi connectivity index (χ4n) is 21.3. The number of nitriles is 2. The van der Waals surface area contributed by atoms with Crippen LogP contribution in [-0.2, 0) is 28.7 Å². The summed E-state index contributed by atoms with van der Waals surface area (Å²) < 4.78 is 55.3. The van der Waals surface area contributed by atoms with Gasteiger partial charge in [0.2, 0.25) is 23.6 Å². The molecule has 7 aliphatic heterocycles. The summed E-state index contributed by atoms with van der Waals surface area (Å²) in [5.41, 5.74) is 5.55. The Balaban J connectivity index is 0.591. The molecule has 9 atom stereocenters. The molecule has 28 heteroatoms. The van der Waals surface area contributed by atoms with Gasteiger partial charge in [-0.1, -0.05) is 41.5 Å². The molecule has 27 nitrogen and oxygen atoms in total. The Hall–Kier alpha value is -11.2. The van der Waals surface area contributed by atoms with E-state index in [0.717, 1.165) is 98.3 Å². The lowest BCUT2D eigenvalue weighted by Crippen LogP contribution is -2.78. The maximum absolute atomic E-state index is 15.5. The van der Waals surface area contributed by atoms with Crippen LogP contribution in [0.15, 0.2) is 109 Å². The molecule has 0 radical (unpaired) electrons. The lowest BCUT2D eigenvalue weighted by molar-refractivity contribution is -0.207. The molecule has 6 aromatic rings. The van der Waals surface area contributed by atoms with E-state index in [1.807, 2.05) is 88.4 Å². The molecule has 7 heterocycles. The van der Waals surface area contributed by atoms with Crippen LogP contribution in [0.5, 0.6) is 23.0 Å². The number of carbonyl (C=O) groups excluding carboxylic acids is 8. The average Bonchev–Trinajstić information content (AvgIpc) is 0.690. The molecule has 10 aliphatic rings. The number of halogens is 1. The van der Waals surface area contributed by atoms with Crippen LogP contribution in [0.2, 0.25) is 0 Å². The van der Waals surface area contributed by atoms with Crippen LogP contribution in [0.25, 0.3) is 0 Å². The molecule has 6 aromatic carbocycles. The highest BCUT2D eigenvalue weighted by Gasteiger charge is 2.70. The van der Waals surface area contributed by atoms with Gasteiger partial charge in [-0.15, -0.1) is 0 Å². The second kappa shape index (κ2) is 37.2. The third kappa shape index (κ3) is 19.2. The number of nitrogens with zero attached hydrogens (tertiary/aromatic N) is 7. The van der Waals surface area contributed by atoms with E-state index in [-0.39, 0.29) is 67.2 Å². The number of aryl methyl sites for hydroxylation is 4. The largest absolute Gasteiger partial charge is 0.490 e. The molecule has 125 heavy (non-hydrogen) atoms. The number of nitrogens with one attached hydrogen (secondary N) is 6. The quantitative estimate of drug-likeness (QED) is 0.0344. The van der Waals surface area contributed by atoms with E-state index in [1.54, 1.807) is 24.3 Å². The summed E-state index contributed by atoms with van der Waals surface area (Å²) in [5.74, 6) is -1.42. The molecule has 5 saturated heterocycles. The summed E-state index contributed by atoms with van der Waals surface area (Å²) in [5, 5.41) is 37.2. The first-order chi connectivity index (χ1) is 59.8. The van der Waals surface area contributed by atoms with Gasteiger partial charge in [0.25, 0.3) is 23.6 Å². The number of fused-ring (bicyclic) bond motifs is 8. The molecule has 3 saturated carbocycles. The van der Waals surface area contributed by atoms with Gasteiger partial charge in [0.1, 0.15) is 47.7 Å². The Morgan fingerprint density at radius 3 is 1.54 bits per heavy atom. The van der Waals surface area contributed by atoms with Crippen molar-refractivity contribution in [2.45, 2.75) is 201 Å². The number of hydrogen-bond acceptors (Lipinski definition) is 21. The summed E-state index contributed by atoms with van der Waals surface area (Å²) in [4.78, 5) is 116. The number of piperidine rings is 3. The van der Waals surface area contributed by atoms with E-state index in [2.05, 4.69) is 122 Å². The fourth-order valence-corrected chi connectivity index (χ4v) is 21.3. The Morgan fingerprint density at radius 1 is 0.520 bits per heavy atom. The van der Waals surface area contributed by atoms with Crippen molar-refractivity contribution in [3.63, 3.8) is 0 Å². The average molecular weight is 1710 g/mol. The molecule has 6 N–H and O–H groups in total. The zero-order chi connectivity index (χ0) is 88.4. The van der Waals surface area contributed by atoms with Gasteiger partial charge in [0.05, 0.1) is 54.8 Å². The minimum atomic E-state index is -0.918. The SMILES string of the molecule is Cc1cc(O[C@@H]2C(C)(C)[C@@H](NC(=O)c3ccc(N4CCO[C@@H](CN5CCN(c6ccc(C(=O)N[C@@H]7CCC(=O)NC7=O)c(F)c6)CC5)C4)cc3)C2(C)CCC2(C)[C@@H](NC(=O)c3ccc(N4CCC(CN5CCOCCCCOc6ccc(C(=O)NC7CCC(=O)NC7=O)cc6OC6CC5C6)CC4)cc3)C(C)(C)[C@@H]2Oc2cc(C)c(C#N)c(C)c2)cc(C)c1C#N. The third-order valence-electron chi connectivity index (χ3n) is 28.1. The molecule has 8 fully saturated rings. The van der Waals surface area contributed by atoms with Gasteiger partial charge in [-0.2, -0.15) is 10.5 Å². The topological polar surface area (TPSA) is 328 Å². The molecule has 662 valence electrons. The van der Waals surface area contributed by atoms with Crippen molar-refractivity contribution in [2.24, 2.45) is 27.6 Å². The molecular weight excluding hydrogens is 1590 g/mol. The van der Waals surface area contributed by atoms with Gasteiger partial charge in [0.15, 0.2) is 11.5 Å². The van der Waals surface area contributed by atoms with Gasteiger partial charge >= 0.3 is 0 Å². The van der Waals surface area contributed by atoms with Crippen molar-refractivity contribution in [1.82, 2.24) is 41.7 Å². The van der Waals surface area contributed by atoms with Gasteiger partial charge in [0, 0.05) is 178 Å². The van der Waals surface area contributed by atoms with Crippen LogP contribution in [0.4, 0.5) is 21.5 Å². The van der Waals surface area contributed by atoms with Crippen molar-refractivity contribution < 1.29 is 71.2 Å². The van der Waals surface area contributed by atoms with Gasteiger partial charge in [-0.05, 0) is 216 Å². The number of hydrogen-bond donors (Lipinski definition) is 6. The van der Waals surface area contributed by atoms with Crippen molar-refractivity contribution in [2.75, 3.05) is 113 Å². The molecule has 3 aliphatic carbocycles. The summed E-state index contributed by atoms with van der Waals surface area (Å²) in [7, 11) is 0. The number of benzene rings is 6. The van der Waals surface area contributed by atoms with E-state index in [0.29, 0.717) is 148 Å². The second-order valence-electron chi connectivity index (χ2n) is 37.6. The predicted octanol–water partition coefficient (Wildman–Crippen LogP) is 10.9.